The van der Waals surface area contributed by atoms with E-state index in [1.807, 2.05) is 6.20 Å². The highest BCUT2D eigenvalue weighted by Crippen LogP contribution is 2.44. The van der Waals surface area contributed by atoms with Gasteiger partial charge in [0.15, 0.2) is 0 Å². The minimum Gasteiger partial charge on any atom is -0.261 e. The van der Waals surface area contributed by atoms with Gasteiger partial charge in [-0.2, -0.15) is 0 Å². The molecule has 0 atom stereocenters. The lowest BCUT2D eigenvalue weighted by Gasteiger charge is -2.18. The second-order valence-corrected chi connectivity index (χ2v) is 9.98. The molecule has 37 heavy (non-hydrogen) atoms. The first-order valence-electron chi connectivity index (χ1n) is 13.0. The van der Waals surface area contributed by atoms with Crippen molar-refractivity contribution in [3.8, 4) is 22.3 Å². The van der Waals surface area contributed by atoms with E-state index in [4.69, 9.17) is 0 Å². The normalized spacial score (nSPS) is 13.4. The van der Waals surface area contributed by atoms with Crippen LogP contribution in [0.15, 0.2) is 126 Å². The molecule has 0 N–H and O–H groups in total. The van der Waals surface area contributed by atoms with Crippen LogP contribution < -0.4 is 0 Å². The third kappa shape index (κ3) is 3.75. The third-order valence-corrected chi connectivity index (χ3v) is 7.61. The smallest absolute Gasteiger partial charge is 0.0478 e. The van der Waals surface area contributed by atoms with Crippen molar-refractivity contribution in [2.45, 2.75) is 19.8 Å². The summed E-state index contributed by atoms with van der Waals surface area (Å²) >= 11 is 0. The largest absolute Gasteiger partial charge is 0.261 e. The second-order valence-electron chi connectivity index (χ2n) is 9.98. The summed E-state index contributed by atoms with van der Waals surface area (Å²) in [6.07, 6.45) is 6.13. The van der Waals surface area contributed by atoms with Crippen LogP contribution in [0.2, 0.25) is 0 Å². The number of fused-ring (bicyclic) bond motifs is 3. The van der Waals surface area contributed by atoms with Crippen molar-refractivity contribution >= 4 is 38.0 Å². The fourth-order valence-corrected chi connectivity index (χ4v) is 5.82. The number of hydrogen-bond acceptors (Lipinski definition) is 1. The molecule has 0 amide bonds. The lowest BCUT2D eigenvalue weighted by molar-refractivity contribution is 1.06. The molecule has 0 aromatic heterocycles. The highest BCUT2D eigenvalue weighted by atomic mass is 14.7. The molecule has 0 fully saturated rings. The maximum absolute atomic E-state index is 4.61. The van der Waals surface area contributed by atoms with Gasteiger partial charge in [0.25, 0.3) is 0 Å². The summed E-state index contributed by atoms with van der Waals surface area (Å²) in [7, 11) is 0. The van der Waals surface area contributed by atoms with Crippen LogP contribution in [0.25, 0.3) is 54.6 Å². The highest BCUT2D eigenvalue weighted by molar-refractivity contribution is 6.21. The predicted octanol–water partition coefficient (Wildman–Crippen LogP) is 9.89. The molecule has 0 spiro atoms. The van der Waals surface area contributed by atoms with Crippen LogP contribution in [0.1, 0.15) is 24.0 Å². The van der Waals surface area contributed by atoms with Crippen LogP contribution in [0.3, 0.4) is 0 Å². The number of allylic oxidation sites excluding steroid dienone is 1. The van der Waals surface area contributed by atoms with E-state index in [0.29, 0.717) is 0 Å². The van der Waals surface area contributed by atoms with Crippen LogP contribution in [-0.2, 0) is 0 Å². The van der Waals surface area contributed by atoms with E-state index >= 15 is 0 Å². The van der Waals surface area contributed by atoms with E-state index in [2.05, 4.69) is 127 Å². The van der Waals surface area contributed by atoms with Gasteiger partial charge in [0.1, 0.15) is 0 Å². The molecule has 6 aromatic rings. The Labute approximate surface area is 217 Å². The lowest BCUT2D eigenvalue weighted by atomic mass is 9.85. The van der Waals surface area contributed by atoms with Crippen LogP contribution in [-0.4, -0.2) is 5.71 Å². The van der Waals surface area contributed by atoms with Gasteiger partial charge in [-0.25, -0.2) is 0 Å². The Bertz CT molecular complexity index is 1810. The van der Waals surface area contributed by atoms with Crippen molar-refractivity contribution in [1.82, 2.24) is 0 Å². The van der Waals surface area contributed by atoms with Gasteiger partial charge in [-0.1, -0.05) is 115 Å². The zero-order valence-electron chi connectivity index (χ0n) is 20.9. The average Bonchev–Trinajstić information content (AvgIpc) is 2.96. The summed E-state index contributed by atoms with van der Waals surface area (Å²) in [6, 6.07) is 40.3. The summed E-state index contributed by atoms with van der Waals surface area (Å²) < 4.78 is 0. The summed E-state index contributed by atoms with van der Waals surface area (Å²) in [4.78, 5) is 4.61. The molecule has 0 saturated heterocycles. The quantitative estimate of drug-likeness (QED) is 0.227. The lowest BCUT2D eigenvalue weighted by Crippen LogP contribution is -2.02. The van der Waals surface area contributed by atoms with Gasteiger partial charge in [-0.05, 0) is 86.0 Å². The fourth-order valence-electron chi connectivity index (χ4n) is 5.82. The van der Waals surface area contributed by atoms with Crippen LogP contribution in [0, 0.1) is 6.92 Å². The number of nitrogens with zero attached hydrogens (tertiary/aromatic N) is 1. The van der Waals surface area contributed by atoms with Crippen molar-refractivity contribution in [3.05, 3.63) is 133 Å². The summed E-state index contributed by atoms with van der Waals surface area (Å²) in [5.41, 5.74) is 8.77. The molecule has 1 heterocycles. The van der Waals surface area contributed by atoms with E-state index in [0.717, 1.165) is 12.8 Å². The average molecular weight is 474 g/mol. The topological polar surface area (TPSA) is 12.4 Å². The van der Waals surface area contributed by atoms with Crippen molar-refractivity contribution in [1.29, 1.82) is 0 Å². The minimum atomic E-state index is 1.00. The van der Waals surface area contributed by atoms with Gasteiger partial charge in [0.2, 0.25) is 0 Å². The summed E-state index contributed by atoms with van der Waals surface area (Å²) in [6.45, 7) is 2.15. The van der Waals surface area contributed by atoms with Gasteiger partial charge >= 0.3 is 0 Å². The van der Waals surface area contributed by atoms with Crippen molar-refractivity contribution in [2.75, 3.05) is 0 Å². The SMILES string of the molecule is Cc1ccc2cc(-c3c4ccccc4c(-c4ccc(C5=NC=CCC5)cc4)c4ccccc34)ccc2c1. The fraction of sp³-hybridized carbons (Fsp3) is 0.0833. The molecule has 0 aliphatic carbocycles. The minimum absolute atomic E-state index is 1.00. The molecule has 176 valence electrons. The molecular weight excluding hydrogens is 446 g/mol. The molecule has 0 radical (unpaired) electrons. The molecule has 0 unspecified atom stereocenters. The number of aryl methyl sites for hydroxylation is 1. The molecule has 1 aliphatic rings. The van der Waals surface area contributed by atoms with Gasteiger partial charge in [-0.3, -0.25) is 4.99 Å². The van der Waals surface area contributed by atoms with Crippen LogP contribution in [0.5, 0.6) is 0 Å². The summed E-state index contributed by atoms with van der Waals surface area (Å²) in [5.74, 6) is 0. The van der Waals surface area contributed by atoms with Crippen molar-refractivity contribution in [2.24, 2.45) is 4.99 Å². The van der Waals surface area contributed by atoms with Crippen LogP contribution >= 0.6 is 0 Å². The summed E-state index contributed by atoms with van der Waals surface area (Å²) in [5, 5.41) is 7.70. The van der Waals surface area contributed by atoms with E-state index in [9.17, 15) is 0 Å². The molecule has 0 saturated carbocycles. The first kappa shape index (κ1) is 21.8. The molecule has 1 nitrogen and oxygen atoms in total. The zero-order chi connectivity index (χ0) is 24.8. The molecule has 1 heteroatoms. The Morgan fingerprint density at radius 1 is 0.541 bits per heavy atom. The number of benzene rings is 6. The first-order valence-corrected chi connectivity index (χ1v) is 13.0. The first-order chi connectivity index (χ1) is 18.3. The van der Waals surface area contributed by atoms with Gasteiger partial charge in [-0.15, -0.1) is 0 Å². The third-order valence-electron chi connectivity index (χ3n) is 7.61. The van der Waals surface area contributed by atoms with Crippen molar-refractivity contribution in [3.63, 3.8) is 0 Å². The Morgan fingerprint density at radius 2 is 1.08 bits per heavy atom. The number of rotatable bonds is 3. The van der Waals surface area contributed by atoms with E-state index in [1.54, 1.807) is 0 Å². The van der Waals surface area contributed by atoms with Gasteiger partial charge < -0.3 is 0 Å². The number of hydrogen-bond donors (Lipinski definition) is 0. The Morgan fingerprint density at radius 3 is 1.70 bits per heavy atom. The van der Waals surface area contributed by atoms with Crippen molar-refractivity contribution < 1.29 is 0 Å². The Kier molecular flexibility index (Phi) is 5.22. The maximum Gasteiger partial charge on any atom is 0.0478 e. The molecule has 0 bridgehead atoms. The van der Waals surface area contributed by atoms with E-state index < -0.39 is 0 Å². The Hall–Kier alpha value is -4.49. The zero-order valence-corrected chi connectivity index (χ0v) is 20.9. The van der Waals surface area contributed by atoms with E-state index in [-0.39, 0.29) is 0 Å². The Balaban J connectivity index is 1.48. The maximum atomic E-state index is 4.61. The predicted molar refractivity (Wildman–Crippen MR) is 159 cm³/mol. The molecule has 1 aliphatic heterocycles. The standard InChI is InChI=1S/C36H27N/c1-24-13-14-28-23-29(20-19-27(28)22-24)36-32-10-4-2-8-30(32)35(31-9-3-5-11-33(31)36)26-17-15-25(16-18-26)34-12-6-7-21-37-34/h2-5,7-11,13-23H,6,12H2,1H3. The highest BCUT2D eigenvalue weighted by Gasteiger charge is 2.17. The second kappa shape index (κ2) is 8.87. The van der Waals surface area contributed by atoms with E-state index in [1.165, 1.54) is 71.4 Å². The van der Waals surface area contributed by atoms with Gasteiger partial charge in [0, 0.05) is 11.9 Å². The molecular formula is C36H27N. The monoisotopic (exact) mass is 473 g/mol. The van der Waals surface area contributed by atoms with Gasteiger partial charge in [0.05, 0.1) is 0 Å². The number of aliphatic imine (C=N–C) groups is 1. The van der Waals surface area contributed by atoms with Crippen LogP contribution in [0.4, 0.5) is 0 Å². The molecule has 6 aromatic carbocycles. The molecule has 7 rings (SSSR count).